The van der Waals surface area contributed by atoms with Crippen LogP contribution in [0.3, 0.4) is 0 Å². The molecule has 0 aromatic carbocycles. The number of hydrogen-bond donors (Lipinski definition) is 0. The van der Waals surface area contributed by atoms with E-state index in [2.05, 4.69) is 26.0 Å². The maximum Gasteiger partial charge on any atom is -0.00116 e. The van der Waals surface area contributed by atoms with Crippen LogP contribution in [0.15, 0.2) is 23.3 Å². The Kier molecular flexibility index (Phi) is 1.63. The SMILES string of the molecule is CCCC1=C(C)C2C=CC1C2. The first-order valence-corrected chi connectivity index (χ1v) is 4.70. The lowest BCUT2D eigenvalue weighted by atomic mass is 9.95. The number of rotatable bonds is 2. The van der Waals surface area contributed by atoms with E-state index in [1.165, 1.54) is 19.3 Å². The summed E-state index contributed by atoms with van der Waals surface area (Å²) in [6.07, 6.45) is 8.82. The molecule has 0 radical (unpaired) electrons. The quantitative estimate of drug-likeness (QED) is 0.527. The standard InChI is InChI=1S/C11H16/c1-3-4-11-8(2)9-5-6-10(11)7-9/h5-6,9-10H,3-4,7H2,1-2H3. The van der Waals surface area contributed by atoms with Crippen LogP contribution < -0.4 is 0 Å². The predicted molar refractivity (Wildman–Crippen MR) is 48.3 cm³/mol. The van der Waals surface area contributed by atoms with E-state index in [9.17, 15) is 0 Å². The van der Waals surface area contributed by atoms with Gasteiger partial charge in [0.05, 0.1) is 0 Å². The molecule has 2 unspecified atom stereocenters. The lowest BCUT2D eigenvalue weighted by Gasteiger charge is -2.11. The Labute approximate surface area is 69.0 Å². The molecule has 0 fully saturated rings. The number of allylic oxidation sites excluding steroid dienone is 4. The van der Waals surface area contributed by atoms with Gasteiger partial charge in [0.15, 0.2) is 0 Å². The molecule has 0 N–H and O–H groups in total. The molecule has 0 spiro atoms. The Hall–Kier alpha value is -0.520. The van der Waals surface area contributed by atoms with E-state index in [0.717, 1.165) is 11.8 Å². The van der Waals surface area contributed by atoms with Gasteiger partial charge >= 0.3 is 0 Å². The highest BCUT2D eigenvalue weighted by Gasteiger charge is 2.31. The van der Waals surface area contributed by atoms with Crippen LogP contribution in [-0.2, 0) is 0 Å². The van der Waals surface area contributed by atoms with Gasteiger partial charge in [-0.1, -0.05) is 36.6 Å². The second kappa shape index (κ2) is 2.51. The van der Waals surface area contributed by atoms with Crippen LogP contribution >= 0.6 is 0 Å². The lowest BCUT2D eigenvalue weighted by molar-refractivity contribution is 0.683. The van der Waals surface area contributed by atoms with Gasteiger partial charge in [-0.05, 0) is 31.6 Å². The molecule has 11 heavy (non-hydrogen) atoms. The minimum Gasteiger partial charge on any atom is -0.0807 e. The highest BCUT2D eigenvalue weighted by atomic mass is 14.4. The van der Waals surface area contributed by atoms with Crippen molar-refractivity contribution in [1.29, 1.82) is 0 Å². The highest BCUT2D eigenvalue weighted by molar-refractivity contribution is 5.36. The van der Waals surface area contributed by atoms with Gasteiger partial charge in [-0.15, -0.1) is 0 Å². The minimum absolute atomic E-state index is 0.821. The van der Waals surface area contributed by atoms with Gasteiger partial charge in [0, 0.05) is 0 Å². The van der Waals surface area contributed by atoms with Crippen LogP contribution in [-0.4, -0.2) is 0 Å². The van der Waals surface area contributed by atoms with Crippen molar-refractivity contribution in [2.45, 2.75) is 33.1 Å². The maximum atomic E-state index is 2.41. The van der Waals surface area contributed by atoms with E-state index < -0.39 is 0 Å². The summed E-state index contributed by atoms with van der Waals surface area (Å²) < 4.78 is 0. The smallest absolute Gasteiger partial charge is 0.00116 e. The molecule has 0 aromatic heterocycles. The predicted octanol–water partition coefficient (Wildman–Crippen LogP) is 3.31. The van der Waals surface area contributed by atoms with Crippen molar-refractivity contribution in [3.05, 3.63) is 23.3 Å². The summed E-state index contributed by atoms with van der Waals surface area (Å²) in [4.78, 5) is 0. The molecule has 0 heterocycles. The second-order valence-corrected chi connectivity index (χ2v) is 3.79. The van der Waals surface area contributed by atoms with Crippen molar-refractivity contribution < 1.29 is 0 Å². The Morgan fingerprint density at radius 3 is 2.64 bits per heavy atom. The molecule has 2 bridgehead atoms. The van der Waals surface area contributed by atoms with Gasteiger partial charge in [-0.3, -0.25) is 0 Å². The molecular formula is C11H16. The summed E-state index contributed by atoms with van der Waals surface area (Å²) in [7, 11) is 0. The third-order valence-corrected chi connectivity index (χ3v) is 3.11. The Morgan fingerprint density at radius 2 is 2.09 bits per heavy atom. The molecule has 60 valence electrons. The molecule has 2 aliphatic carbocycles. The zero-order valence-electron chi connectivity index (χ0n) is 7.43. The van der Waals surface area contributed by atoms with Crippen LogP contribution in [0.1, 0.15) is 33.1 Å². The molecule has 0 aromatic rings. The van der Waals surface area contributed by atoms with Gasteiger partial charge in [0.1, 0.15) is 0 Å². The first kappa shape index (κ1) is 7.15. The van der Waals surface area contributed by atoms with E-state index >= 15 is 0 Å². The van der Waals surface area contributed by atoms with E-state index in [0.29, 0.717) is 0 Å². The molecule has 2 rings (SSSR count). The molecule has 0 nitrogen and oxygen atoms in total. The van der Waals surface area contributed by atoms with Gasteiger partial charge in [-0.25, -0.2) is 0 Å². The van der Waals surface area contributed by atoms with Crippen LogP contribution in [0.4, 0.5) is 0 Å². The van der Waals surface area contributed by atoms with Crippen molar-refractivity contribution >= 4 is 0 Å². The Bertz CT molecular complexity index is 220. The van der Waals surface area contributed by atoms with E-state index in [-0.39, 0.29) is 0 Å². The van der Waals surface area contributed by atoms with E-state index in [4.69, 9.17) is 0 Å². The minimum atomic E-state index is 0.821. The fourth-order valence-corrected chi connectivity index (χ4v) is 2.46. The first-order valence-electron chi connectivity index (χ1n) is 4.70. The molecule has 0 amide bonds. The molecular weight excluding hydrogens is 132 g/mol. The third-order valence-electron chi connectivity index (χ3n) is 3.11. The molecule has 0 saturated heterocycles. The molecule has 2 atom stereocenters. The largest absolute Gasteiger partial charge is 0.0807 e. The van der Waals surface area contributed by atoms with Crippen molar-refractivity contribution in [1.82, 2.24) is 0 Å². The number of hydrogen-bond acceptors (Lipinski definition) is 0. The maximum absolute atomic E-state index is 2.41. The van der Waals surface area contributed by atoms with Crippen molar-refractivity contribution in [3.63, 3.8) is 0 Å². The third kappa shape index (κ3) is 0.962. The molecule has 0 aliphatic heterocycles. The van der Waals surface area contributed by atoms with Crippen molar-refractivity contribution in [2.24, 2.45) is 11.8 Å². The average Bonchev–Trinajstić information content (AvgIpc) is 2.54. The monoisotopic (exact) mass is 148 g/mol. The molecule has 0 saturated carbocycles. The summed E-state index contributed by atoms with van der Waals surface area (Å²) in [6.45, 7) is 4.59. The van der Waals surface area contributed by atoms with E-state index in [1.54, 1.807) is 11.1 Å². The van der Waals surface area contributed by atoms with E-state index in [1.807, 2.05) is 0 Å². The lowest BCUT2D eigenvalue weighted by Crippen LogP contribution is -1.95. The van der Waals surface area contributed by atoms with Crippen LogP contribution in [0.25, 0.3) is 0 Å². The summed E-state index contributed by atoms with van der Waals surface area (Å²) in [6, 6.07) is 0. The van der Waals surface area contributed by atoms with Crippen LogP contribution in [0.5, 0.6) is 0 Å². The Balaban J connectivity index is 2.19. The zero-order chi connectivity index (χ0) is 7.84. The summed E-state index contributed by atoms with van der Waals surface area (Å²) in [5.41, 5.74) is 3.43. The van der Waals surface area contributed by atoms with Gasteiger partial charge in [0.25, 0.3) is 0 Å². The van der Waals surface area contributed by atoms with Crippen LogP contribution in [0.2, 0.25) is 0 Å². The van der Waals surface area contributed by atoms with Gasteiger partial charge in [0.2, 0.25) is 0 Å². The highest BCUT2D eigenvalue weighted by Crippen LogP contribution is 2.44. The zero-order valence-corrected chi connectivity index (χ0v) is 7.43. The van der Waals surface area contributed by atoms with Crippen LogP contribution in [0, 0.1) is 11.8 Å². The van der Waals surface area contributed by atoms with Gasteiger partial charge < -0.3 is 0 Å². The van der Waals surface area contributed by atoms with Crippen molar-refractivity contribution in [2.75, 3.05) is 0 Å². The normalized spacial score (nSPS) is 34.0. The van der Waals surface area contributed by atoms with Crippen molar-refractivity contribution in [3.8, 4) is 0 Å². The van der Waals surface area contributed by atoms with Gasteiger partial charge in [-0.2, -0.15) is 0 Å². The fraction of sp³-hybridized carbons (Fsp3) is 0.636. The summed E-state index contributed by atoms with van der Waals surface area (Å²) in [5, 5.41) is 0. The second-order valence-electron chi connectivity index (χ2n) is 3.79. The molecule has 0 heteroatoms. The number of fused-ring (bicyclic) bond motifs is 2. The Morgan fingerprint density at radius 1 is 1.36 bits per heavy atom. The fourth-order valence-electron chi connectivity index (χ4n) is 2.46. The average molecular weight is 148 g/mol. The first-order chi connectivity index (χ1) is 5.33. The topological polar surface area (TPSA) is 0 Å². The molecule has 2 aliphatic rings. The summed E-state index contributed by atoms with van der Waals surface area (Å²) >= 11 is 0. The summed E-state index contributed by atoms with van der Waals surface area (Å²) in [5.74, 6) is 1.65.